The van der Waals surface area contributed by atoms with Gasteiger partial charge in [0, 0.05) is 17.7 Å². The van der Waals surface area contributed by atoms with Gasteiger partial charge in [-0.15, -0.1) is 0 Å². The molecule has 4 heteroatoms. The predicted octanol–water partition coefficient (Wildman–Crippen LogP) is 3.28. The molecule has 1 aromatic heterocycles. The van der Waals surface area contributed by atoms with Crippen LogP contribution in [0.2, 0.25) is 0 Å². The van der Waals surface area contributed by atoms with Crippen LogP contribution in [0.25, 0.3) is 0 Å². The van der Waals surface area contributed by atoms with Crippen molar-refractivity contribution in [1.29, 1.82) is 0 Å². The van der Waals surface area contributed by atoms with Gasteiger partial charge in [-0.3, -0.25) is 4.79 Å². The molecular formula is C14H15BrN2O. The summed E-state index contributed by atoms with van der Waals surface area (Å²) >= 11 is 3.40. The Labute approximate surface area is 115 Å². The maximum Gasteiger partial charge on any atom is 0.268 e. The summed E-state index contributed by atoms with van der Waals surface area (Å²) in [6.07, 6.45) is 1.86. The van der Waals surface area contributed by atoms with Gasteiger partial charge < -0.3 is 9.88 Å². The second-order valence-electron chi connectivity index (χ2n) is 4.25. The molecule has 0 aliphatic heterocycles. The van der Waals surface area contributed by atoms with E-state index >= 15 is 0 Å². The van der Waals surface area contributed by atoms with E-state index in [0.717, 1.165) is 10.0 Å². The third-order valence-electron chi connectivity index (χ3n) is 2.89. The van der Waals surface area contributed by atoms with Gasteiger partial charge in [0.2, 0.25) is 0 Å². The standard InChI is InChI=1S/C14H15BrN2O/c1-10(11-5-7-12(15)8-6-11)16-14(18)13-4-3-9-17(13)2/h3-10H,1-2H3,(H,16,18). The zero-order valence-electron chi connectivity index (χ0n) is 10.4. The minimum atomic E-state index is -0.0575. The fourth-order valence-corrected chi connectivity index (χ4v) is 2.07. The first-order valence-electron chi connectivity index (χ1n) is 5.75. The highest BCUT2D eigenvalue weighted by Crippen LogP contribution is 2.17. The second-order valence-corrected chi connectivity index (χ2v) is 5.17. The number of benzene rings is 1. The molecule has 1 atom stereocenters. The number of amides is 1. The maximum absolute atomic E-state index is 12.0. The number of carbonyl (C=O) groups is 1. The lowest BCUT2D eigenvalue weighted by molar-refractivity contribution is 0.0931. The minimum absolute atomic E-state index is 0.0134. The van der Waals surface area contributed by atoms with Gasteiger partial charge >= 0.3 is 0 Å². The van der Waals surface area contributed by atoms with Crippen molar-refractivity contribution in [1.82, 2.24) is 9.88 Å². The Morgan fingerprint density at radius 3 is 2.50 bits per heavy atom. The van der Waals surface area contributed by atoms with E-state index in [1.807, 2.05) is 61.1 Å². The highest BCUT2D eigenvalue weighted by Gasteiger charge is 2.13. The van der Waals surface area contributed by atoms with E-state index in [1.165, 1.54) is 0 Å². The van der Waals surface area contributed by atoms with Crippen molar-refractivity contribution >= 4 is 21.8 Å². The van der Waals surface area contributed by atoms with E-state index in [2.05, 4.69) is 21.2 Å². The van der Waals surface area contributed by atoms with Crippen molar-refractivity contribution in [2.75, 3.05) is 0 Å². The molecule has 0 radical (unpaired) electrons. The molecule has 2 rings (SSSR count). The highest BCUT2D eigenvalue weighted by molar-refractivity contribution is 9.10. The van der Waals surface area contributed by atoms with E-state index in [-0.39, 0.29) is 11.9 Å². The van der Waals surface area contributed by atoms with Crippen molar-refractivity contribution in [2.24, 2.45) is 7.05 Å². The van der Waals surface area contributed by atoms with E-state index in [9.17, 15) is 4.79 Å². The molecule has 1 N–H and O–H groups in total. The fraction of sp³-hybridized carbons (Fsp3) is 0.214. The van der Waals surface area contributed by atoms with E-state index in [1.54, 1.807) is 0 Å². The van der Waals surface area contributed by atoms with Crippen molar-refractivity contribution in [3.05, 3.63) is 58.3 Å². The van der Waals surface area contributed by atoms with E-state index in [0.29, 0.717) is 5.69 Å². The van der Waals surface area contributed by atoms with Gasteiger partial charge in [0.1, 0.15) is 5.69 Å². The summed E-state index contributed by atoms with van der Waals surface area (Å²) in [6, 6.07) is 11.6. The molecule has 2 aromatic rings. The number of aryl methyl sites for hydroxylation is 1. The van der Waals surface area contributed by atoms with Crippen LogP contribution in [0.3, 0.4) is 0 Å². The molecule has 0 fully saturated rings. The van der Waals surface area contributed by atoms with Crippen LogP contribution in [0.1, 0.15) is 29.0 Å². The van der Waals surface area contributed by atoms with Crippen molar-refractivity contribution < 1.29 is 4.79 Å². The molecule has 94 valence electrons. The van der Waals surface area contributed by atoms with Gasteiger partial charge in [0.25, 0.3) is 5.91 Å². The number of aromatic nitrogens is 1. The topological polar surface area (TPSA) is 34.0 Å². The number of nitrogens with one attached hydrogen (secondary N) is 1. The number of hydrogen-bond donors (Lipinski definition) is 1. The Morgan fingerprint density at radius 2 is 1.94 bits per heavy atom. The average Bonchev–Trinajstić information content (AvgIpc) is 2.76. The van der Waals surface area contributed by atoms with Crippen LogP contribution in [-0.2, 0) is 7.05 Å². The van der Waals surface area contributed by atoms with Crippen molar-refractivity contribution in [2.45, 2.75) is 13.0 Å². The first-order valence-corrected chi connectivity index (χ1v) is 6.55. The van der Waals surface area contributed by atoms with Gasteiger partial charge in [0.05, 0.1) is 6.04 Å². The summed E-state index contributed by atoms with van der Waals surface area (Å²) in [7, 11) is 1.86. The molecule has 1 aromatic carbocycles. The summed E-state index contributed by atoms with van der Waals surface area (Å²) in [5.74, 6) is -0.0575. The molecule has 0 saturated heterocycles. The third kappa shape index (κ3) is 2.82. The Bertz CT molecular complexity index is 545. The molecule has 3 nitrogen and oxygen atoms in total. The second kappa shape index (κ2) is 5.40. The van der Waals surface area contributed by atoms with Crippen LogP contribution >= 0.6 is 15.9 Å². The molecule has 0 bridgehead atoms. The Hall–Kier alpha value is -1.55. The average molecular weight is 307 g/mol. The van der Waals surface area contributed by atoms with Crippen LogP contribution in [0.4, 0.5) is 0 Å². The van der Waals surface area contributed by atoms with Gasteiger partial charge in [-0.2, -0.15) is 0 Å². The molecule has 0 aliphatic rings. The smallest absolute Gasteiger partial charge is 0.268 e. The van der Waals surface area contributed by atoms with Gasteiger partial charge in [0.15, 0.2) is 0 Å². The monoisotopic (exact) mass is 306 g/mol. The number of halogens is 1. The Kier molecular flexibility index (Phi) is 3.87. The number of rotatable bonds is 3. The minimum Gasteiger partial charge on any atom is -0.347 e. The van der Waals surface area contributed by atoms with Gasteiger partial charge in [-0.05, 0) is 36.8 Å². The van der Waals surface area contributed by atoms with Crippen molar-refractivity contribution in [3.8, 4) is 0 Å². The quantitative estimate of drug-likeness (QED) is 0.928. The van der Waals surface area contributed by atoms with E-state index in [4.69, 9.17) is 0 Å². The van der Waals surface area contributed by atoms with Crippen molar-refractivity contribution in [3.63, 3.8) is 0 Å². The third-order valence-corrected chi connectivity index (χ3v) is 3.42. The summed E-state index contributed by atoms with van der Waals surface area (Å²) in [4.78, 5) is 12.0. The van der Waals surface area contributed by atoms with Crippen LogP contribution in [0, 0.1) is 0 Å². The SMILES string of the molecule is CC(NC(=O)c1cccn1C)c1ccc(Br)cc1. The molecule has 0 aliphatic carbocycles. The summed E-state index contributed by atoms with van der Waals surface area (Å²) in [5.41, 5.74) is 1.75. The molecular weight excluding hydrogens is 292 g/mol. The lowest BCUT2D eigenvalue weighted by atomic mass is 10.1. The van der Waals surface area contributed by atoms with E-state index < -0.39 is 0 Å². The largest absolute Gasteiger partial charge is 0.347 e. The van der Waals surface area contributed by atoms with Gasteiger partial charge in [-0.25, -0.2) is 0 Å². The lowest BCUT2D eigenvalue weighted by Crippen LogP contribution is -2.28. The Morgan fingerprint density at radius 1 is 1.28 bits per heavy atom. The zero-order valence-corrected chi connectivity index (χ0v) is 11.9. The van der Waals surface area contributed by atoms with Crippen LogP contribution < -0.4 is 5.32 Å². The molecule has 0 spiro atoms. The predicted molar refractivity (Wildman–Crippen MR) is 75.4 cm³/mol. The van der Waals surface area contributed by atoms with Gasteiger partial charge in [-0.1, -0.05) is 28.1 Å². The molecule has 1 amide bonds. The Balaban J connectivity index is 2.08. The maximum atomic E-state index is 12.0. The lowest BCUT2D eigenvalue weighted by Gasteiger charge is -2.14. The summed E-state index contributed by atoms with van der Waals surface area (Å²) in [5, 5.41) is 2.98. The molecule has 1 heterocycles. The van der Waals surface area contributed by atoms with Crippen LogP contribution in [0.5, 0.6) is 0 Å². The summed E-state index contributed by atoms with van der Waals surface area (Å²) < 4.78 is 2.84. The first-order chi connectivity index (χ1) is 8.58. The highest BCUT2D eigenvalue weighted by atomic mass is 79.9. The first kappa shape index (κ1) is 12.9. The number of carbonyl (C=O) groups excluding carboxylic acids is 1. The molecule has 18 heavy (non-hydrogen) atoms. The number of nitrogens with zero attached hydrogens (tertiary/aromatic N) is 1. The van der Waals surface area contributed by atoms with Crippen LogP contribution in [-0.4, -0.2) is 10.5 Å². The number of hydrogen-bond acceptors (Lipinski definition) is 1. The molecule has 1 unspecified atom stereocenters. The fourth-order valence-electron chi connectivity index (χ4n) is 1.80. The normalized spacial score (nSPS) is 12.2. The van der Waals surface area contributed by atoms with Crippen LogP contribution in [0.15, 0.2) is 47.1 Å². The summed E-state index contributed by atoms with van der Waals surface area (Å²) in [6.45, 7) is 1.98. The molecule has 0 saturated carbocycles. The zero-order chi connectivity index (χ0) is 13.1.